The van der Waals surface area contributed by atoms with E-state index in [2.05, 4.69) is 20.3 Å². The lowest BCUT2D eigenvalue weighted by atomic mass is 10.1. The Hall–Kier alpha value is -1.90. The van der Waals surface area contributed by atoms with Crippen LogP contribution in [0.15, 0.2) is 12.7 Å². The molecule has 0 radical (unpaired) electrons. The highest BCUT2D eigenvalue weighted by molar-refractivity contribution is 7.85. The van der Waals surface area contributed by atoms with E-state index in [4.69, 9.17) is 14.4 Å². The van der Waals surface area contributed by atoms with E-state index in [-0.39, 0.29) is 23.5 Å². The molecular weight excluding hydrogens is 358 g/mol. The second-order valence-electron chi connectivity index (χ2n) is 5.49. The van der Waals surface area contributed by atoms with Gasteiger partial charge in [-0.25, -0.2) is 15.0 Å². The summed E-state index contributed by atoms with van der Waals surface area (Å²) in [7, 11) is -4.11. The molecule has 4 atom stereocenters. The van der Waals surface area contributed by atoms with Crippen LogP contribution >= 0.6 is 0 Å². The van der Waals surface area contributed by atoms with Crippen molar-refractivity contribution in [3.8, 4) is 0 Å². The fraction of sp³-hybridized carbons (Fsp3) is 0.583. The van der Waals surface area contributed by atoms with E-state index in [0.29, 0.717) is 0 Å². The highest BCUT2D eigenvalue weighted by Gasteiger charge is 2.44. The van der Waals surface area contributed by atoms with E-state index in [1.54, 1.807) is 0 Å². The van der Waals surface area contributed by atoms with Gasteiger partial charge in [0.15, 0.2) is 23.2 Å². The summed E-state index contributed by atoms with van der Waals surface area (Å²) in [4.78, 5) is 12.1. The molecule has 5 N–H and O–H groups in total. The molecule has 12 nitrogen and oxygen atoms in total. The Labute approximate surface area is 141 Å². The van der Waals surface area contributed by atoms with Crippen molar-refractivity contribution in [3.63, 3.8) is 0 Å². The smallest absolute Gasteiger partial charge is 0.266 e. The van der Waals surface area contributed by atoms with E-state index >= 15 is 0 Å². The van der Waals surface area contributed by atoms with Crippen molar-refractivity contribution < 1.29 is 33.0 Å². The molecule has 2 aromatic heterocycles. The summed E-state index contributed by atoms with van der Waals surface area (Å²) in [6.45, 7) is -0.551. The van der Waals surface area contributed by atoms with Gasteiger partial charge in [0.2, 0.25) is 0 Å². The SMILES string of the molecule is O=S(=O)(O)CCNc1ncnc2c1ncn2[C@@H]1O[C@H](CO)[C@@H](O)[C@H]1O. The number of imidazole rings is 1. The Balaban J connectivity index is 1.86. The summed E-state index contributed by atoms with van der Waals surface area (Å²) < 4.78 is 37.1. The van der Waals surface area contributed by atoms with E-state index in [0.717, 1.165) is 0 Å². The first-order valence-electron chi connectivity index (χ1n) is 7.31. The maximum absolute atomic E-state index is 10.8. The van der Waals surface area contributed by atoms with Crippen LogP contribution in [-0.4, -0.2) is 85.0 Å². The van der Waals surface area contributed by atoms with Gasteiger partial charge in [-0.15, -0.1) is 0 Å². The molecule has 1 aliphatic heterocycles. The van der Waals surface area contributed by atoms with Crippen molar-refractivity contribution in [1.82, 2.24) is 19.5 Å². The monoisotopic (exact) mass is 375 g/mol. The summed E-state index contributed by atoms with van der Waals surface area (Å²) in [5.74, 6) is -0.271. The van der Waals surface area contributed by atoms with Gasteiger partial charge in [0.05, 0.1) is 18.7 Å². The summed E-state index contributed by atoms with van der Waals surface area (Å²) in [5, 5.41) is 31.8. The topological polar surface area (TPSA) is 180 Å². The largest absolute Gasteiger partial charge is 0.394 e. The minimum Gasteiger partial charge on any atom is -0.394 e. The summed E-state index contributed by atoms with van der Waals surface area (Å²) in [5.41, 5.74) is 0.565. The molecule has 138 valence electrons. The predicted molar refractivity (Wildman–Crippen MR) is 83.2 cm³/mol. The molecule has 0 unspecified atom stereocenters. The number of hydrogen-bond donors (Lipinski definition) is 5. The first kappa shape index (κ1) is 17.9. The number of hydrogen-bond acceptors (Lipinski definition) is 10. The Kier molecular flexibility index (Phi) is 4.86. The average Bonchev–Trinajstić information content (AvgIpc) is 3.09. The second kappa shape index (κ2) is 6.78. The van der Waals surface area contributed by atoms with Crippen LogP contribution in [0.1, 0.15) is 6.23 Å². The molecule has 0 aliphatic carbocycles. The van der Waals surface area contributed by atoms with Gasteiger partial charge in [0.25, 0.3) is 10.1 Å². The standard InChI is InChI=1S/C12H17N5O7S/c18-3-6-8(19)9(20)12(24-6)17-5-16-7-10(14-4-15-11(7)17)13-1-2-25(21,22)23/h4-6,8-9,12,18-20H,1-3H2,(H,13,14,15)(H,21,22,23)/t6-,8-,9-,12-/m1/s1. The maximum atomic E-state index is 10.8. The van der Waals surface area contributed by atoms with E-state index in [9.17, 15) is 18.6 Å². The third kappa shape index (κ3) is 3.56. The fourth-order valence-electron chi connectivity index (χ4n) is 2.58. The first-order chi connectivity index (χ1) is 11.8. The van der Waals surface area contributed by atoms with Crippen LogP contribution < -0.4 is 5.32 Å². The third-order valence-electron chi connectivity index (χ3n) is 3.80. The number of nitrogens with one attached hydrogen (secondary N) is 1. The molecule has 1 fully saturated rings. The number of ether oxygens (including phenoxy) is 1. The predicted octanol–water partition coefficient (Wildman–Crippen LogP) is -2.26. The van der Waals surface area contributed by atoms with Crippen LogP contribution in [0.4, 0.5) is 5.82 Å². The van der Waals surface area contributed by atoms with Gasteiger partial charge in [-0.2, -0.15) is 8.42 Å². The quantitative estimate of drug-likeness (QED) is 0.344. The lowest BCUT2D eigenvalue weighted by molar-refractivity contribution is -0.0511. The average molecular weight is 375 g/mol. The number of aromatic nitrogens is 4. The van der Waals surface area contributed by atoms with Crippen molar-refractivity contribution in [2.24, 2.45) is 0 Å². The highest BCUT2D eigenvalue weighted by Crippen LogP contribution is 2.31. The molecule has 0 aromatic carbocycles. The molecule has 1 aliphatic rings. The van der Waals surface area contributed by atoms with Gasteiger partial charge < -0.3 is 25.4 Å². The van der Waals surface area contributed by atoms with Crippen LogP contribution in [0.2, 0.25) is 0 Å². The van der Waals surface area contributed by atoms with Crippen LogP contribution in [0.3, 0.4) is 0 Å². The van der Waals surface area contributed by atoms with Crippen LogP contribution in [-0.2, 0) is 14.9 Å². The van der Waals surface area contributed by atoms with E-state index in [1.165, 1.54) is 17.2 Å². The number of aliphatic hydroxyl groups excluding tert-OH is 3. The molecular formula is C12H17N5O7S. The van der Waals surface area contributed by atoms with Crippen molar-refractivity contribution in [2.45, 2.75) is 24.5 Å². The summed E-state index contributed by atoms with van der Waals surface area (Å²) in [6, 6.07) is 0. The van der Waals surface area contributed by atoms with Crippen molar-refractivity contribution >= 4 is 27.1 Å². The minimum atomic E-state index is -4.11. The second-order valence-corrected chi connectivity index (χ2v) is 7.06. The number of rotatable bonds is 6. The summed E-state index contributed by atoms with van der Waals surface area (Å²) >= 11 is 0. The first-order valence-corrected chi connectivity index (χ1v) is 8.92. The molecule has 0 amide bonds. The van der Waals surface area contributed by atoms with Gasteiger partial charge in [0.1, 0.15) is 24.6 Å². The van der Waals surface area contributed by atoms with Crippen molar-refractivity contribution in [1.29, 1.82) is 0 Å². The molecule has 2 aromatic rings. The number of fused-ring (bicyclic) bond motifs is 1. The van der Waals surface area contributed by atoms with E-state index < -0.39 is 47.0 Å². The molecule has 0 saturated carbocycles. The molecule has 1 saturated heterocycles. The molecule has 0 bridgehead atoms. The fourth-order valence-corrected chi connectivity index (χ4v) is 2.94. The number of anilines is 1. The molecule has 3 rings (SSSR count). The minimum absolute atomic E-state index is 0.0916. The third-order valence-corrected chi connectivity index (χ3v) is 4.52. The number of nitrogens with zero attached hydrogens (tertiary/aromatic N) is 4. The van der Waals surface area contributed by atoms with Gasteiger partial charge in [0, 0.05) is 6.54 Å². The highest BCUT2D eigenvalue weighted by atomic mass is 32.2. The van der Waals surface area contributed by atoms with Gasteiger partial charge in [-0.05, 0) is 0 Å². The Morgan fingerprint density at radius 2 is 2.00 bits per heavy atom. The van der Waals surface area contributed by atoms with Crippen molar-refractivity contribution in [2.75, 3.05) is 24.2 Å². The Bertz CT molecular complexity index is 857. The van der Waals surface area contributed by atoms with Crippen LogP contribution in [0.5, 0.6) is 0 Å². The van der Waals surface area contributed by atoms with Crippen molar-refractivity contribution in [3.05, 3.63) is 12.7 Å². The molecule has 25 heavy (non-hydrogen) atoms. The normalized spacial score (nSPS) is 27.0. The number of aliphatic hydroxyl groups is 3. The maximum Gasteiger partial charge on any atom is 0.266 e. The zero-order valence-corrected chi connectivity index (χ0v) is 13.6. The van der Waals surface area contributed by atoms with Crippen LogP contribution in [0.25, 0.3) is 11.2 Å². The molecule has 0 spiro atoms. The van der Waals surface area contributed by atoms with E-state index in [1.807, 2.05) is 0 Å². The van der Waals surface area contributed by atoms with Gasteiger partial charge >= 0.3 is 0 Å². The zero-order valence-electron chi connectivity index (χ0n) is 12.8. The zero-order chi connectivity index (χ0) is 18.2. The lowest BCUT2D eigenvalue weighted by Gasteiger charge is -2.16. The van der Waals surface area contributed by atoms with Gasteiger partial charge in [-0.1, -0.05) is 0 Å². The molecule has 3 heterocycles. The lowest BCUT2D eigenvalue weighted by Crippen LogP contribution is -2.33. The van der Waals surface area contributed by atoms with Crippen LogP contribution in [0, 0.1) is 0 Å². The Morgan fingerprint density at radius 3 is 2.64 bits per heavy atom. The molecule has 13 heteroatoms. The summed E-state index contributed by atoms with van der Waals surface area (Å²) in [6.07, 6.45) is -1.96. The van der Waals surface area contributed by atoms with Gasteiger partial charge in [-0.3, -0.25) is 9.12 Å². The Morgan fingerprint density at radius 1 is 1.24 bits per heavy atom.